The van der Waals surface area contributed by atoms with E-state index in [-0.39, 0.29) is 6.10 Å². The predicted molar refractivity (Wildman–Crippen MR) is 80.2 cm³/mol. The topological polar surface area (TPSA) is 72.0 Å². The molecule has 1 fully saturated rings. The van der Waals surface area contributed by atoms with Crippen LogP contribution in [0.3, 0.4) is 0 Å². The largest absolute Gasteiger partial charge is 0.461 e. The van der Waals surface area contributed by atoms with Gasteiger partial charge < -0.3 is 15.4 Å². The molecule has 2 rings (SSSR count). The van der Waals surface area contributed by atoms with Crippen LogP contribution in [-0.4, -0.2) is 34.1 Å². The zero-order valence-electron chi connectivity index (χ0n) is 13.0. The molecule has 0 amide bonds. The summed E-state index contributed by atoms with van der Waals surface area (Å²) < 4.78 is 5.56. The lowest BCUT2D eigenvalue weighted by molar-refractivity contribution is 0.222. The van der Waals surface area contributed by atoms with Gasteiger partial charge in [-0.1, -0.05) is 13.8 Å². The van der Waals surface area contributed by atoms with Gasteiger partial charge in [-0.2, -0.15) is 15.0 Å². The maximum absolute atomic E-state index is 5.56. The van der Waals surface area contributed by atoms with Crippen molar-refractivity contribution in [2.45, 2.75) is 59.1 Å². The van der Waals surface area contributed by atoms with Crippen LogP contribution in [0.1, 0.15) is 47.0 Å². The van der Waals surface area contributed by atoms with Crippen molar-refractivity contribution in [2.24, 2.45) is 5.41 Å². The highest BCUT2D eigenvalue weighted by molar-refractivity contribution is 5.36. The van der Waals surface area contributed by atoms with E-state index in [2.05, 4.69) is 39.4 Å². The molecule has 0 bridgehead atoms. The number of nitrogens with one attached hydrogen (secondary N) is 2. The monoisotopic (exact) mass is 279 g/mol. The lowest BCUT2D eigenvalue weighted by Crippen LogP contribution is -2.20. The minimum Gasteiger partial charge on any atom is -0.461 e. The van der Waals surface area contributed by atoms with Crippen molar-refractivity contribution in [3.63, 3.8) is 0 Å². The Labute approximate surface area is 120 Å². The van der Waals surface area contributed by atoms with E-state index >= 15 is 0 Å². The predicted octanol–water partition coefficient (Wildman–Crippen LogP) is 2.69. The Kier molecular flexibility index (Phi) is 4.30. The lowest BCUT2D eigenvalue weighted by Gasteiger charge is -2.18. The minimum absolute atomic E-state index is 0.0420. The van der Waals surface area contributed by atoms with Crippen molar-refractivity contribution in [1.82, 2.24) is 15.0 Å². The van der Waals surface area contributed by atoms with Gasteiger partial charge in [0, 0.05) is 13.1 Å². The summed E-state index contributed by atoms with van der Waals surface area (Å²) in [5.41, 5.74) is 0.397. The maximum Gasteiger partial charge on any atom is 0.323 e. The van der Waals surface area contributed by atoms with Crippen LogP contribution in [0.15, 0.2) is 0 Å². The molecule has 0 aliphatic heterocycles. The molecule has 1 aliphatic rings. The SMILES string of the molecule is CNc1nc(NC2CCC(C)(C)C2)nc(OC(C)C)n1. The standard InChI is InChI=1S/C14H25N5O/c1-9(2)20-13-18-11(15-5)17-12(19-13)16-10-6-7-14(3,4)8-10/h9-10H,6-8H2,1-5H3,(H2,15,16,17,18,19). The van der Waals surface area contributed by atoms with E-state index in [4.69, 9.17) is 4.74 Å². The second kappa shape index (κ2) is 5.81. The number of anilines is 2. The molecular weight excluding hydrogens is 254 g/mol. The summed E-state index contributed by atoms with van der Waals surface area (Å²) in [4.78, 5) is 12.9. The second-order valence-corrected chi connectivity index (χ2v) is 6.43. The van der Waals surface area contributed by atoms with Crippen LogP contribution < -0.4 is 15.4 Å². The summed E-state index contributed by atoms with van der Waals surface area (Å²) >= 11 is 0. The summed E-state index contributed by atoms with van der Waals surface area (Å²) in [6, 6.07) is 0.781. The van der Waals surface area contributed by atoms with Crippen molar-refractivity contribution in [3.8, 4) is 6.01 Å². The summed E-state index contributed by atoms with van der Waals surface area (Å²) in [6.07, 6.45) is 3.55. The van der Waals surface area contributed by atoms with Gasteiger partial charge in [-0.15, -0.1) is 0 Å². The smallest absolute Gasteiger partial charge is 0.323 e. The van der Waals surface area contributed by atoms with Crippen LogP contribution in [-0.2, 0) is 0 Å². The Morgan fingerprint density at radius 3 is 2.45 bits per heavy atom. The Bertz CT molecular complexity index is 461. The number of hydrogen-bond acceptors (Lipinski definition) is 6. The quantitative estimate of drug-likeness (QED) is 0.863. The summed E-state index contributed by atoms with van der Waals surface area (Å²) in [7, 11) is 1.79. The number of ether oxygens (including phenoxy) is 1. The van der Waals surface area contributed by atoms with Gasteiger partial charge in [0.2, 0.25) is 11.9 Å². The molecule has 1 unspecified atom stereocenters. The molecule has 112 valence electrons. The number of rotatable bonds is 5. The Balaban J connectivity index is 2.10. The van der Waals surface area contributed by atoms with Crippen molar-refractivity contribution in [2.75, 3.05) is 17.7 Å². The van der Waals surface area contributed by atoms with Crippen molar-refractivity contribution < 1.29 is 4.74 Å². The molecular formula is C14H25N5O. The molecule has 2 N–H and O–H groups in total. The first-order valence-electron chi connectivity index (χ1n) is 7.25. The number of aromatic nitrogens is 3. The highest BCUT2D eigenvalue weighted by atomic mass is 16.5. The van der Waals surface area contributed by atoms with Crippen LogP contribution in [0.4, 0.5) is 11.9 Å². The molecule has 1 saturated carbocycles. The van der Waals surface area contributed by atoms with E-state index in [0.29, 0.717) is 29.4 Å². The van der Waals surface area contributed by atoms with E-state index in [9.17, 15) is 0 Å². The van der Waals surface area contributed by atoms with Gasteiger partial charge in [0.25, 0.3) is 0 Å². The summed E-state index contributed by atoms with van der Waals surface area (Å²) in [5, 5.41) is 6.34. The molecule has 1 aromatic rings. The summed E-state index contributed by atoms with van der Waals surface area (Å²) in [6.45, 7) is 8.51. The second-order valence-electron chi connectivity index (χ2n) is 6.43. The highest BCUT2D eigenvalue weighted by Crippen LogP contribution is 2.38. The van der Waals surface area contributed by atoms with Crippen molar-refractivity contribution >= 4 is 11.9 Å². The normalized spacial score (nSPS) is 21.0. The van der Waals surface area contributed by atoms with Gasteiger partial charge in [-0.05, 0) is 38.5 Å². The third kappa shape index (κ3) is 3.95. The Morgan fingerprint density at radius 1 is 1.20 bits per heavy atom. The summed E-state index contributed by atoms with van der Waals surface area (Å²) in [5.74, 6) is 1.11. The Morgan fingerprint density at radius 2 is 1.90 bits per heavy atom. The van der Waals surface area contributed by atoms with Crippen LogP contribution in [0.25, 0.3) is 0 Å². The van der Waals surface area contributed by atoms with E-state index in [1.807, 2.05) is 13.8 Å². The first-order valence-corrected chi connectivity index (χ1v) is 7.25. The van der Waals surface area contributed by atoms with E-state index < -0.39 is 0 Å². The molecule has 1 heterocycles. The van der Waals surface area contributed by atoms with E-state index in [1.54, 1.807) is 7.05 Å². The molecule has 1 aliphatic carbocycles. The van der Waals surface area contributed by atoms with Gasteiger partial charge >= 0.3 is 6.01 Å². The first-order chi connectivity index (χ1) is 9.38. The van der Waals surface area contributed by atoms with Crippen LogP contribution in [0, 0.1) is 5.41 Å². The fourth-order valence-electron chi connectivity index (χ4n) is 2.54. The zero-order valence-corrected chi connectivity index (χ0v) is 13.0. The molecule has 0 saturated heterocycles. The third-order valence-electron chi connectivity index (χ3n) is 3.48. The van der Waals surface area contributed by atoms with Gasteiger partial charge in [0.1, 0.15) is 0 Å². The molecule has 0 radical (unpaired) electrons. The zero-order chi connectivity index (χ0) is 14.8. The molecule has 0 aromatic carbocycles. The molecule has 6 heteroatoms. The molecule has 20 heavy (non-hydrogen) atoms. The maximum atomic E-state index is 5.56. The number of hydrogen-bond donors (Lipinski definition) is 2. The van der Waals surface area contributed by atoms with Crippen LogP contribution in [0.2, 0.25) is 0 Å². The fourth-order valence-corrected chi connectivity index (χ4v) is 2.54. The minimum atomic E-state index is 0.0420. The van der Waals surface area contributed by atoms with Gasteiger partial charge in [-0.25, -0.2) is 0 Å². The van der Waals surface area contributed by atoms with Gasteiger partial charge in [-0.3, -0.25) is 0 Å². The molecule has 0 spiro atoms. The Hall–Kier alpha value is -1.59. The highest BCUT2D eigenvalue weighted by Gasteiger charge is 2.31. The fraction of sp³-hybridized carbons (Fsp3) is 0.786. The van der Waals surface area contributed by atoms with Crippen LogP contribution >= 0.6 is 0 Å². The lowest BCUT2D eigenvalue weighted by atomic mass is 9.92. The van der Waals surface area contributed by atoms with Crippen molar-refractivity contribution in [3.05, 3.63) is 0 Å². The average molecular weight is 279 g/mol. The number of nitrogens with zero attached hydrogens (tertiary/aromatic N) is 3. The third-order valence-corrected chi connectivity index (χ3v) is 3.48. The van der Waals surface area contributed by atoms with Gasteiger partial charge in [0.05, 0.1) is 6.10 Å². The van der Waals surface area contributed by atoms with E-state index in [1.165, 1.54) is 6.42 Å². The average Bonchev–Trinajstić information content (AvgIpc) is 2.67. The molecule has 1 aromatic heterocycles. The first kappa shape index (κ1) is 14.8. The molecule has 6 nitrogen and oxygen atoms in total. The molecule has 1 atom stereocenters. The van der Waals surface area contributed by atoms with Crippen LogP contribution in [0.5, 0.6) is 6.01 Å². The van der Waals surface area contributed by atoms with Crippen molar-refractivity contribution in [1.29, 1.82) is 0 Å². The van der Waals surface area contributed by atoms with E-state index in [0.717, 1.165) is 12.8 Å². The van der Waals surface area contributed by atoms with Gasteiger partial charge in [0.15, 0.2) is 0 Å².